The number of hydrogen-bond donors (Lipinski definition) is 2. The van der Waals surface area contributed by atoms with Crippen molar-refractivity contribution in [1.82, 2.24) is 15.0 Å². The second kappa shape index (κ2) is 5.83. The van der Waals surface area contributed by atoms with Crippen molar-refractivity contribution in [2.75, 3.05) is 17.7 Å². The summed E-state index contributed by atoms with van der Waals surface area (Å²) in [5.41, 5.74) is 4.46. The molecular weight excluding hydrogens is 286 g/mol. The van der Waals surface area contributed by atoms with E-state index < -0.39 is 0 Å². The molecular formula is C18H19N5. The predicted molar refractivity (Wildman–Crippen MR) is 92.6 cm³/mol. The number of nitrogens with zero attached hydrogens (tertiary/aromatic N) is 3. The number of fused-ring (bicyclic) bond motifs is 2. The second-order valence-corrected chi connectivity index (χ2v) is 5.80. The zero-order valence-electron chi connectivity index (χ0n) is 13.1. The van der Waals surface area contributed by atoms with Crippen LogP contribution in [-0.2, 0) is 6.42 Å². The summed E-state index contributed by atoms with van der Waals surface area (Å²) < 4.78 is 0. The summed E-state index contributed by atoms with van der Waals surface area (Å²) in [5.74, 6) is 1.40. The molecule has 23 heavy (non-hydrogen) atoms. The summed E-state index contributed by atoms with van der Waals surface area (Å²) in [6, 6.07) is 12.8. The first kappa shape index (κ1) is 13.9. The zero-order chi connectivity index (χ0) is 15.6. The van der Waals surface area contributed by atoms with Crippen molar-refractivity contribution < 1.29 is 0 Å². The highest BCUT2D eigenvalue weighted by atomic mass is 15.1. The molecule has 0 saturated heterocycles. The van der Waals surface area contributed by atoms with Gasteiger partial charge in [-0.25, -0.2) is 4.98 Å². The van der Waals surface area contributed by atoms with Gasteiger partial charge in [0.1, 0.15) is 5.52 Å². The van der Waals surface area contributed by atoms with Crippen LogP contribution in [0.4, 0.5) is 11.8 Å². The molecule has 1 aromatic carbocycles. The van der Waals surface area contributed by atoms with E-state index in [0.29, 0.717) is 5.95 Å². The summed E-state index contributed by atoms with van der Waals surface area (Å²) in [4.78, 5) is 13.5. The van der Waals surface area contributed by atoms with E-state index >= 15 is 0 Å². The van der Waals surface area contributed by atoms with Gasteiger partial charge in [0, 0.05) is 13.2 Å². The van der Waals surface area contributed by atoms with E-state index in [1.807, 2.05) is 19.2 Å². The van der Waals surface area contributed by atoms with E-state index in [-0.39, 0.29) is 6.04 Å². The highest BCUT2D eigenvalue weighted by Crippen LogP contribution is 2.33. The average molecular weight is 305 g/mol. The summed E-state index contributed by atoms with van der Waals surface area (Å²) in [5, 5.41) is 6.63. The Morgan fingerprint density at radius 2 is 2.00 bits per heavy atom. The molecule has 0 radical (unpaired) electrons. The maximum atomic E-state index is 4.59. The molecule has 3 aromatic rings. The number of anilines is 2. The lowest BCUT2D eigenvalue weighted by Gasteiger charge is -2.27. The van der Waals surface area contributed by atoms with E-state index in [1.54, 1.807) is 6.20 Å². The molecule has 2 aromatic heterocycles. The molecule has 4 rings (SSSR count). The van der Waals surface area contributed by atoms with Crippen molar-refractivity contribution in [3.8, 4) is 0 Å². The molecule has 1 aliphatic rings. The number of pyridine rings is 1. The minimum atomic E-state index is 0.268. The molecule has 0 amide bonds. The number of rotatable bonds is 3. The number of aryl methyl sites for hydroxylation is 1. The molecule has 2 heterocycles. The van der Waals surface area contributed by atoms with Gasteiger partial charge in [-0.2, -0.15) is 4.98 Å². The lowest BCUT2D eigenvalue weighted by atomic mass is 9.88. The standard InChI is InChI=1S/C18H19N5/c1-19-18-22-15-10-5-11-20-16(15)17(23-18)21-14-9-4-7-12-6-2-3-8-13(12)14/h2-3,5-6,8,10-11,14H,4,7,9H2,1H3,(H2,19,21,22,23). The molecule has 1 aliphatic carbocycles. The molecule has 116 valence electrons. The quantitative estimate of drug-likeness (QED) is 0.774. The highest BCUT2D eigenvalue weighted by Gasteiger charge is 2.21. The third kappa shape index (κ3) is 2.59. The van der Waals surface area contributed by atoms with Crippen molar-refractivity contribution >= 4 is 22.8 Å². The first-order valence-corrected chi connectivity index (χ1v) is 8.00. The van der Waals surface area contributed by atoms with E-state index in [2.05, 4.69) is 49.9 Å². The van der Waals surface area contributed by atoms with Gasteiger partial charge in [0.05, 0.1) is 11.6 Å². The Labute approximate surface area is 135 Å². The van der Waals surface area contributed by atoms with Crippen molar-refractivity contribution in [2.24, 2.45) is 0 Å². The van der Waals surface area contributed by atoms with Crippen LogP contribution >= 0.6 is 0 Å². The van der Waals surface area contributed by atoms with Crippen LogP contribution in [0.5, 0.6) is 0 Å². The van der Waals surface area contributed by atoms with Crippen molar-refractivity contribution in [2.45, 2.75) is 25.3 Å². The van der Waals surface area contributed by atoms with Gasteiger partial charge in [-0.15, -0.1) is 0 Å². The van der Waals surface area contributed by atoms with Gasteiger partial charge in [-0.3, -0.25) is 4.98 Å². The third-order valence-corrected chi connectivity index (χ3v) is 4.36. The lowest BCUT2D eigenvalue weighted by molar-refractivity contribution is 0.599. The Morgan fingerprint density at radius 1 is 1.09 bits per heavy atom. The Morgan fingerprint density at radius 3 is 2.91 bits per heavy atom. The topological polar surface area (TPSA) is 62.7 Å². The van der Waals surface area contributed by atoms with Crippen LogP contribution in [0.3, 0.4) is 0 Å². The highest BCUT2D eigenvalue weighted by molar-refractivity contribution is 5.86. The monoisotopic (exact) mass is 305 g/mol. The van der Waals surface area contributed by atoms with Crippen LogP contribution in [0.25, 0.3) is 11.0 Å². The van der Waals surface area contributed by atoms with Crippen LogP contribution in [0, 0.1) is 0 Å². The Balaban J connectivity index is 1.76. The molecule has 1 unspecified atom stereocenters. The van der Waals surface area contributed by atoms with Gasteiger partial charge in [0.2, 0.25) is 5.95 Å². The molecule has 5 nitrogen and oxygen atoms in total. The smallest absolute Gasteiger partial charge is 0.225 e. The summed E-state index contributed by atoms with van der Waals surface area (Å²) in [6.07, 6.45) is 5.22. The fourth-order valence-electron chi connectivity index (χ4n) is 3.25. The first-order valence-electron chi connectivity index (χ1n) is 8.00. The van der Waals surface area contributed by atoms with Crippen molar-refractivity contribution in [3.05, 3.63) is 53.7 Å². The van der Waals surface area contributed by atoms with E-state index in [0.717, 1.165) is 29.7 Å². The Bertz CT molecular complexity index is 846. The maximum absolute atomic E-state index is 4.59. The fourth-order valence-corrected chi connectivity index (χ4v) is 3.25. The van der Waals surface area contributed by atoms with E-state index in [4.69, 9.17) is 0 Å². The van der Waals surface area contributed by atoms with Crippen LogP contribution in [0.1, 0.15) is 30.0 Å². The predicted octanol–water partition coefficient (Wildman–Crippen LogP) is 3.56. The van der Waals surface area contributed by atoms with Crippen LogP contribution in [-0.4, -0.2) is 22.0 Å². The minimum absolute atomic E-state index is 0.268. The van der Waals surface area contributed by atoms with Gasteiger partial charge in [0.25, 0.3) is 0 Å². The largest absolute Gasteiger partial charge is 0.361 e. The maximum Gasteiger partial charge on any atom is 0.225 e. The molecule has 5 heteroatoms. The second-order valence-electron chi connectivity index (χ2n) is 5.80. The number of nitrogens with one attached hydrogen (secondary N) is 2. The summed E-state index contributed by atoms with van der Waals surface area (Å²) in [6.45, 7) is 0. The molecule has 0 aliphatic heterocycles. The fraction of sp³-hybridized carbons (Fsp3) is 0.278. The zero-order valence-corrected chi connectivity index (χ0v) is 13.1. The van der Waals surface area contributed by atoms with E-state index in [1.165, 1.54) is 17.5 Å². The van der Waals surface area contributed by atoms with E-state index in [9.17, 15) is 0 Å². The van der Waals surface area contributed by atoms with Crippen LogP contribution < -0.4 is 10.6 Å². The van der Waals surface area contributed by atoms with Crippen molar-refractivity contribution in [3.63, 3.8) is 0 Å². The molecule has 2 N–H and O–H groups in total. The van der Waals surface area contributed by atoms with Gasteiger partial charge in [0.15, 0.2) is 5.82 Å². The lowest BCUT2D eigenvalue weighted by Crippen LogP contribution is -2.18. The molecule has 0 saturated carbocycles. The number of benzene rings is 1. The van der Waals surface area contributed by atoms with Crippen molar-refractivity contribution in [1.29, 1.82) is 0 Å². The van der Waals surface area contributed by atoms with Crippen LogP contribution in [0.2, 0.25) is 0 Å². The number of aromatic nitrogens is 3. The van der Waals surface area contributed by atoms with Gasteiger partial charge < -0.3 is 10.6 Å². The van der Waals surface area contributed by atoms with Gasteiger partial charge >= 0.3 is 0 Å². The molecule has 0 fully saturated rings. The molecule has 1 atom stereocenters. The van der Waals surface area contributed by atoms with Gasteiger partial charge in [-0.1, -0.05) is 24.3 Å². The average Bonchev–Trinajstić information content (AvgIpc) is 2.62. The summed E-state index contributed by atoms with van der Waals surface area (Å²) in [7, 11) is 1.83. The minimum Gasteiger partial charge on any atom is -0.361 e. The Hall–Kier alpha value is -2.69. The first-order chi connectivity index (χ1) is 11.3. The molecule has 0 spiro atoms. The Kier molecular flexibility index (Phi) is 3.54. The normalized spacial score (nSPS) is 16.8. The SMILES string of the molecule is CNc1nc(NC2CCCc3ccccc32)c2ncccc2n1. The van der Waals surface area contributed by atoms with Gasteiger partial charge in [-0.05, 0) is 42.5 Å². The molecule has 0 bridgehead atoms. The third-order valence-electron chi connectivity index (χ3n) is 4.36. The number of hydrogen-bond acceptors (Lipinski definition) is 5. The summed E-state index contributed by atoms with van der Waals surface area (Å²) >= 11 is 0. The van der Waals surface area contributed by atoms with Crippen LogP contribution in [0.15, 0.2) is 42.6 Å².